The first kappa shape index (κ1) is 18.2. The van der Waals surface area contributed by atoms with Gasteiger partial charge in [0.1, 0.15) is 17.8 Å². The highest BCUT2D eigenvalue weighted by Crippen LogP contribution is 2.33. The fourth-order valence-corrected chi connectivity index (χ4v) is 3.85. The van der Waals surface area contributed by atoms with Crippen molar-refractivity contribution in [2.24, 2.45) is 0 Å². The summed E-state index contributed by atoms with van der Waals surface area (Å²) in [6.07, 6.45) is 4.19. The van der Waals surface area contributed by atoms with Gasteiger partial charge in [-0.1, -0.05) is 37.5 Å². The van der Waals surface area contributed by atoms with E-state index < -0.39 is 11.6 Å². The van der Waals surface area contributed by atoms with Crippen LogP contribution in [0.3, 0.4) is 0 Å². The topological polar surface area (TPSA) is 87.7 Å². The average Bonchev–Trinajstić information content (AvgIpc) is 2.86. The molecule has 2 N–H and O–H groups in total. The van der Waals surface area contributed by atoms with Gasteiger partial charge in [0.05, 0.1) is 13.2 Å². The van der Waals surface area contributed by atoms with Crippen molar-refractivity contribution in [3.05, 3.63) is 29.8 Å². The highest BCUT2D eigenvalue weighted by atomic mass is 16.5. The highest BCUT2D eigenvalue weighted by Gasteiger charge is 2.51. The smallest absolute Gasteiger partial charge is 0.325 e. The molecule has 0 radical (unpaired) electrons. The molecule has 4 amide bonds. The molecule has 2 fully saturated rings. The molecule has 1 saturated heterocycles. The molecule has 1 aromatic carbocycles. The monoisotopic (exact) mass is 359 g/mol. The summed E-state index contributed by atoms with van der Waals surface area (Å²) >= 11 is 0. The summed E-state index contributed by atoms with van der Waals surface area (Å²) in [6.45, 7) is 1.57. The number of imide groups is 1. The average molecular weight is 359 g/mol. The zero-order chi connectivity index (χ0) is 18.7. The van der Waals surface area contributed by atoms with Crippen LogP contribution in [0.4, 0.5) is 4.79 Å². The molecule has 1 aromatic rings. The molecule has 2 aliphatic rings. The maximum Gasteiger partial charge on any atom is 0.325 e. The van der Waals surface area contributed by atoms with Crippen LogP contribution in [0.15, 0.2) is 24.3 Å². The number of hydrogen-bond donors (Lipinski definition) is 2. The Morgan fingerprint density at radius 1 is 1.27 bits per heavy atom. The van der Waals surface area contributed by atoms with E-state index in [1.807, 2.05) is 31.2 Å². The number of nitrogens with one attached hydrogen (secondary N) is 2. The van der Waals surface area contributed by atoms with E-state index in [9.17, 15) is 14.4 Å². The first-order chi connectivity index (χ1) is 12.5. The van der Waals surface area contributed by atoms with Crippen LogP contribution in [0, 0.1) is 0 Å². The van der Waals surface area contributed by atoms with Crippen LogP contribution >= 0.6 is 0 Å². The Kier molecular flexibility index (Phi) is 5.15. The summed E-state index contributed by atoms with van der Waals surface area (Å²) in [7, 11) is 1.57. The van der Waals surface area contributed by atoms with Gasteiger partial charge in [-0.15, -0.1) is 0 Å². The Morgan fingerprint density at radius 3 is 2.65 bits per heavy atom. The van der Waals surface area contributed by atoms with Crippen molar-refractivity contribution in [1.82, 2.24) is 15.5 Å². The number of benzene rings is 1. The third kappa shape index (κ3) is 3.38. The first-order valence-electron chi connectivity index (χ1n) is 9.03. The quantitative estimate of drug-likeness (QED) is 0.789. The molecule has 1 atom stereocenters. The Labute approximate surface area is 153 Å². The van der Waals surface area contributed by atoms with Gasteiger partial charge in [0, 0.05) is 5.56 Å². The SMILES string of the molecule is COc1ccccc1[C@H](C)NC(=O)CN1C(=O)NC2(CCCCC2)C1=O. The summed E-state index contributed by atoms with van der Waals surface area (Å²) < 4.78 is 5.31. The van der Waals surface area contributed by atoms with Gasteiger partial charge in [-0.3, -0.25) is 14.5 Å². The highest BCUT2D eigenvalue weighted by molar-refractivity contribution is 6.09. The van der Waals surface area contributed by atoms with Crippen molar-refractivity contribution in [3.8, 4) is 5.75 Å². The number of carbonyl (C=O) groups excluding carboxylic acids is 3. The molecule has 140 valence electrons. The number of methoxy groups -OCH3 is 1. The molecule has 1 spiro atoms. The fourth-order valence-electron chi connectivity index (χ4n) is 3.85. The van der Waals surface area contributed by atoms with Gasteiger partial charge >= 0.3 is 6.03 Å². The summed E-state index contributed by atoms with van der Waals surface area (Å²) in [5, 5.41) is 5.65. The normalized spacial score (nSPS) is 20.0. The third-order valence-electron chi connectivity index (χ3n) is 5.24. The van der Waals surface area contributed by atoms with E-state index in [4.69, 9.17) is 4.74 Å². The van der Waals surface area contributed by atoms with Crippen LogP contribution in [0.5, 0.6) is 5.75 Å². The Hall–Kier alpha value is -2.57. The van der Waals surface area contributed by atoms with Gasteiger partial charge in [-0.2, -0.15) is 0 Å². The van der Waals surface area contributed by atoms with Crippen molar-refractivity contribution in [2.45, 2.75) is 50.6 Å². The second kappa shape index (κ2) is 7.35. The Balaban J connectivity index is 1.64. The van der Waals surface area contributed by atoms with E-state index in [0.29, 0.717) is 18.6 Å². The van der Waals surface area contributed by atoms with Crippen molar-refractivity contribution in [1.29, 1.82) is 0 Å². The Bertz CT molecular complexity index is 712. The maximum atomic E-state index is 12.7. The lowest BCUT2D eigenvalue weighted by Gasteiger charge is -2.30. The number of ether oxygens (including phenoxy) is 1. The van der Waals surface area contributed by atoms with Gasteiger partial charge in [0.2, 0.25) is 5.91 Å². The molecule has 7 heteroatoms. The molecule has 0 unspecified atom stereocenters. The maximum absolute atomic E-state index is 12.7. The molecule has 3 rings (SSSR count). The van der Waals surface area contributed by atoms with Gasteiger partial charge in [-0.05, 0) is 25.8 Å². The minimum absolute atomic E-state index is 0.272. The van der Waals surface area contributed by atoms with E-state index in [0.717, 1.165) is 29.7 Å². The van der Waals surface area contributed by atoms with Gasteiger partial charge < -0.3 is 15.4 Å². The summed E-state index contributed by atoms with van der Waals surface area (Å²) in [4.78, 5) is 38.4. The van der Waals surface area contributed by atoms with Crippen LogP contribution in [0.25, 0.3) is 0 Å². The van der Waals surface area contributed by atoms with Crippen LogP contribution in [-0.2, 0) is 9.59 Å². The van der Waals surface area contributed by atoms with Crippen LogP contribution in [0.2, 0.25) is 0 Å². The third-order valence-corrected chi connectivity index (χ3v) is 5.24. The number of carbonyl (C=O) groups is 3. The molecule has 26 heavy (non-hydrogen) atoms. The van der Waals surface area contributed by atoms with Crippen molar-refractivity contribution >= 4 is 17.8 Å². The standard InChI is InChI=1S/C19H25N3O4/c1-13(14-8-4-5-9-15(14)26-2)20-16(23)12-22-17(24)19(21-18(22)25)10-6-3-7-11-19/h4-5,8-9,13H,3,6-7,10-12H2,1-2H3,(H,20,23)(H,21,25)/t13-/m0/s1. The summed E-state index contributed by atoms with van der Waals surface area (Å²) in [5.41, 5.74) is 0.0356. The number of rotatable bonds is 5. The lowest BCUT2D eigenvalue weighted by Crippen LogP contribution is -2.49. The predicted octanol–water partition coefficient (Wildman–Crippen LogP) is 2.13. The second-order valence-corrected chi connectivity index (χ2v) is 7.00. The summed E-state index contributed by atoms with van der Waals surface area (Å²) in [6, 6.07) is 6.63. The van der Waals surface area contributed by atoms with Crippen molar-refractivity contribution in [3.63, 3.8) is 0 Å². The predicted molar refractivity (Wildman–Crippen MR) is 95.6 cm³/mol. The van der Waals surface area contributed by atoms with Crippen LogP contribution in [0.1, 0.15) is 50.6 Å². The minimum Gasteiger partial charge on any atom is -0.496 e. The van der Waals surface area contributed by atoms with Crippen LogP contribution in [-0.4, -0.2) is 41.9 Å². The summed E-state index contributed by atoms with van der Waals surface area (Å²) in [5.74, 6) is 0.0264. The van der Waals surface area contributed by atoms with E-state index in [1.54, 1.807) is 7.11 Å². The molecule has 1 saturated carbocycles. The molecule has 0 bridgehead atoms. The van der Waals surface area contributed by atoms with Gasteiger partial charge in [0.15, 0.2) is 0 Å². The van der Waals surface area contributed by atoms with E-state index >= 15 is 0 Å². The molecule has 7 nitrogen and oxygen atoms in total. The lowest BCUT2D eigenvalue weighted by atomic mass is 9.82. The number of urea groups is 1. The zero-order valence-corrected chi connectivity index (χ0v) is 15.2. The van der Waals surface area contributed by atoms with E-state index in [1.165, 1.54) is 0 Å². The molecular formula is C19H25N3O4. The largest absolute Gasteiger partial charge is 0.496 e. The Morgan fingerprint density at radius 2 is 1.96 bits per heavy atom. The number of hydrogen-bond acceptors (Lipinski definition) is 4. The lowest BCUT2D eigenvalue weighted by molar-refractivity contribution is -0.136. The van der Waals surface area contributed by atoms with Crippen LogP contribution < -0.4 is 15.4 Å². The van der Waals surface area contributed by atoms with Gasteiger partial charge in [0.25, 0.3) is 5.91 Å². The fraction of sp³-hybridized carbons (Fsp3) is 0.526. The molecule has 1 heterocycles. The van der Waals surface area contributed by atoms with Gasteiger partial charge in [-0.25, -0.2) is 4.79 Å². The minimum atomic E-state index is -0.802. The molecule has 0 aromatic heterocycles. The molecular weight excluding hydrogens is 334 g/mol. The van der Waals surface area contributed by atoms with Crippen molar-refractivity contribution in [2.75, 3.05) is 13.7 Å². The number of amides is 4. The first-order valence-corrected chi connectivity index (χ1v) is 9.03. The van der Waals surface area contributed by atoms with Crippen molar-refractivity contribution < 1.29 is 19.1 Å². The number of nitrogens with zero attached hydrogens (tertiary/aromatic N) is 1. The second-order valence-electron chi connectivity index (χ2n) is 7.00. The zero-order valence-electron chi connectivity index (χ0n) is 15.2. The van der Waals surface area contributed by atoms with E-state index in [2.05, 4.69) is 10.6 Å². The number of para-hydroxylation sites is 1. The van der Waals surface area contributed by atoms with E-state index in [-0.39, 0.29) is 24.4 Å². The molecule has 1 aliphatic carbocycles. The molecule has 1 aliphatic heterocycles.